The van der Waals surface area contributed by atoms with Crippen LogP contribution in [0, 0.1) is 17.8 Å². The van der Waals surface area contributed by atoms with Crippen LogP contribution in [0.15, 0.2) is 18.5 Å². The number of amides is 2. The summed E-state index contributed by atoms with van der Waals surface area (Å²) in [6, 6.07) is 1.61. The predicted octanol–water partition coefficient (Wildman–Crippen LogP) is 3.39. The Morgan fingerprint density at radius 3 is 2.84 bits per heavy atom. The van der Waals surface area contributed by atoms with Gasteiger partial charge in [0, 0.05) is 38.4 Å². The van der Waals surface area contributed by atoms with Crippen molar-refractivity contribution in [2.75, 3.05) is 19.6 Å². The Balaban J connectivity index is 1.84. The van der Waals surface area contributed by atoms with E-state index in [1.165, 1.54) is 6.20 Å². The van der Waals surface area contributed by atoms with Crippen LogP contribution in [-0.2, 0) is 4.79 Å². The average Bonchev–Trinajstić information content (AvgIpc) is 2.60. The highest BCUT2D eigenvalue weighted by Gasteiger charge is 2.25. The number of pyridine rings is 1. The normalized spacial score (nSPS) is 18.9. The summed E-state index contributed by atoms with van der Waals surface area (Å²) in [6.07, 6.45) is 5.63. The fraction of sp³-hybridized carbons (Fsp3) is 0.632. The van der Waals surface area contributed by atoms with E-state index in [4.69, 9.17) is 11.6 Å². The van der Waals surface area contributed by atoms with Crippen molar-refractivity contribution in [3.8, 4) is 0 Å². The van der Waals surface area contributed by atoms with Crippen molar-refractivity contribution < 1.29 is 9.59 Å². The number of nitrogens with zero attached hydrogens (tertiary/aromatic N) is 2. The highest BCUT2D eigenvalue weighted by Crippen LogP contribution is 2.21. The summed E-state index contributed by atoms with van der Waals surface area (Å²) >= 11 is 6.00. The molecular formula is C19H28ClN3O2. The Morgan fingerprint density at radius 1 is 1.40 bits per heavy atom. The Hall–Kier alpha value is -1.62. The van der Waals surface area contributed by atoms with E-state index in [9.17, 15) is 9.59 Å². The zero-order chi connectivity index (χ0) is 18.4. The predicted molar refractivity (Wildman–Crippen MR) is 99.5 cm³/mol. The molecule has 2 rings (SSSR count). The van der Waals surface area contributed by atoms with Crippen LogP contribution in [-0.4, -0.2) is 41.3 Å². The standard InChI is InChI=1S/C19H28ClN3O2/c1-13(2)14(3)9-18(24)23-8-4-5-15(12-23)10-22-19(25)16-6-7-21-11-17(16)20/h6-7,11,13-15H,4-5,8-10,12H2,1-3H3,(H,22,25). The zero-order valence-electron chi connectivity index (χ0n) is 15.3. The summed E-state index contributed by atoms with van der Waals surface area (Å²) in [5.74, 6) is 1.23. The highest BCUT2D eigenvalue weighted by atomic mass is 35.5. The van der Waals surface area contributed by atoms with Crippen LogP contribution in [0.25, 0.3) is 0 Å². The van der Waals surface area contributed by atoms with Gasteiger partial charge in [-0.05, 0) is 36.7 Å². The van der Waals surface area contributed by atoms with Crippen LogP contribution in [0.4, 0.5) is 0 Å². The van der Waals surface area contributed by atoms with Crippen LogP contribution < -0.4 is 5.32 Å². The van der Waals surface area contributed by atoms with E-state index >= 15 is 0 Å². The molecule has 1 N–H and O–H groups in total. The third kappa shape index (κ3) is 5.70. The van der Waals surface area contributed by atoms with Gasteiger partial charge >= 0.3 is 0 Å². The number of likely N-dealkylation sites (tertiary alicyclic amines) is 1. The number of hydrogen-bond acceptors (Lipinski definition) is 3. The third-order valence-electron chi connectivity index (χ3n) is 5.07. The first-order valence-electron chi connectivity index (χ1n) is 9.04. The summed E-state index contributed by atoms with van der Waals surface area (Å²) < 4.78 is 0. The van der Waals surface area contributed by atoms with Crippen LogP contribution in [0.5, 0.6) is 0 Å². The second-order valence-electron chi connectivity index (χ2n) is 7.34. The molecule has 1 aliphatic heterocycles. The van der Waals surface area contributed by atoms with E-state index < -0.39 is 0 Å². The largest absolute Gasteiger partial charge is 0.352 e. The average molecular weight is 366 g/mol. The highest BCUT2D eigenvalue weighted by molar-refractivity contribution is 6.33. The molecule has 2 heterocycles. The van der Waals surface area contributed by atoms with E-state index in [0.29, 0.717) is 41.9 Å². The third-order valence-corrected chi connectivity index (χ3v) is 5.38. The van der Waals surface area contributed by atoms with Crippen LogP contribution in [0.2, 0.25) is 5.02 Å². The minimum absolute atomic E-state index is 0.190. The smallest absolute Gasteiger partial charge is 0.252 e. The molecule has 2 atom stereocenters. The molecule has 0 aliphatic carbocycles. The van der Waals surface area contributed by atoms with Gasteiger partial charge in [0.15, 0.2) is 0 Å². The first kappa shape index (κ1) is 19.7. The topological polar surface area (TPSA) is 62.3 Å². The number of halogens is 1. The van der Waals surface area contributed by atoms with Gasteiger partial charge in [0.2, 0.25) is 5.91 Å². The molecular weight excluding hydrogens is 338 g/mol. The Labute approximate surface area is 155 Å². The Bertz CT molecular complexity index is 606. The van der Waals surface area contributed by atoms with Crippen LogP contribution in [0.1, 0.15) is 50.4 Å². The van der Waals surface area contributed by atoms with Gasteiger partial charge in [-0.2, -0.15) is 0 Å². The van der Waals surface area contributed by atoms with Crippen LogP contribution >= 0.6 is 11.6 Å². The number of carbonyl (C=O) groups is 2. The molecule has 0 aromatic carbocycles. The molecule has 0 spiro atoms. The molecule has 1 aromatic rings. The molecule has 1 aliphatic rings. The molecule has 138 valence electrons. The van der Waals surface area contributed by atoms with Crippen molar-refractivity contribution in [3.63, 3.8) is 0 Å². The van der Waals surface area contributed by atoms with Crippen molar-refractivity contribution in [3.05, 3.63) is 29.0 Å². The molecule has 25 heavy (non-hydrogen) atoms. The maximum absolute atomic E-state index is 12.5. The maximum atomic E-state index is 12.5. The molecule has 1 saturated heterocycles. The fourth-order valence-corrected chi connectivity index (χ4v) is 3.20. The number of nitrogens with one attached hydrogen (secondary N) is 1. The minimum Gasteiger partial charge on any atom is -0.352 e. The van der Waals surface area contributed by atoms with Gasteiger partial charge in [0.25, 0.3) is 5.91 Å². The summed E-state index contributed by atoms with van der Waals surface area (Å²) in [7, 11) is 0. The monoisotopic (exact) mass is 365 g/mol. The van der Waals surface area contributed by atoms with Gasteiger partial charge in [-0.3, -0.25) is 14.6 Å². The Morgan fingerprint density at radius 2 is 2.16 bits per heavy atom. The molecule has 6 heteroatoms. The number of aromatic nitrogens is 1. The molecule has 0 bridgehead atoms. The summed E-state index contributed by atoms with van der Waals surface area (Å²) in [4.78, 5) is 30.6. The van der Waals surface area contributed by atoms with E-state index in [1.807, 2.05) is 4.90 Å². The number of hydrogen-bond donors (Lipinski definition) is 1. The summed E-state index contributed by atoms with van der Waals surface area (Å²) in [5, 5.41) is 3.29. The van der Waals surface area contributed by atoms with E-state index in [1.54, 1.807) is 12.3 Å². The minimum atomic E-state index is -0.190. The van der Waals surface area contributed by atoms with Gasteiger partial charge < -0.3 is 10.2 Å². The van der Waals surface area contributed by atoms with Crippen LogP contribution in [0.3, 0.4) is 0 Å². The quantitative estimate of drug-likeness (QED) is 0.840. The van der Waals surface area contributed by atoms with Crippen molar-refractivity contribution >= 4 is 23.4 Å². The summed E-state index contributed by atoms with van der Waals surface area (Å²) in [5.41, 5.74) is 0.436. The SMILES string of the molecule is CC(C)C(C)CC(=O)N1CCCC(CNC(=O)c2ccncc2Cl)C1. The molecule has 5 nitrogen and oxygen atoms in total. The fourth-order valence-electron chi connectivity index (χ4n) is 2.99. The second-order valence-corrected chi connectivity index (χ2v) is 7.75. The van der Waals surface area contributed by atoms with E-state index in [0.717, 1.165) is 19.4 Å². The Kier molecular flexibility index (Phi) is 7.24. The van der Waals surface area contributed by atoms with Crippen molar-refractivity contribution in [2.45, 2.75) is 40.0 Å². The molecule has 2 unspecified atom stereocenters. The molecule has 0 saturated carbocycles. The molecule has 1 fully saturated rings. The lowest BCUT2D eigenvalue weighted by molar-refractivity contribution is -0.134. The van der Waals surface area contributed by atoms with Crippen molar-refractivity contribution in [2.24, 2.45) is 17.8 Å². The number of carbonyl (C=O) groups excluding carboxylic acids is 2. The zero-order valence-corrected chi connectivity index (χ0v) is 16.1. The number of rotatable bonds is 6. The molecule has 0 radical (unpaired) electrons. The number of piperidine rings is 1. The van der Waals surface area contributed by atoms with Gasteiger partial charge in [0.1, 0.15) is 0 Å². The van der Waals surface area contributed by atoms with Gasteiger partial charge in [-0.15, -0.1) is 0 Å². The van der Waals surface area contributed by atoms with Gasteiger partial charge in [0.05, 0.1) is 10.6 Å². The maximum Gasteiger partial charge on any atom is 0.252 e. The molecule has 2 amide bonds. The van der Waals surface area contributed by atoms with Crippen molar-refractivity contribution in [1.29, 1.82) is 0 Å². The lowest BCUT2D eigenvalue weighted by atomic mass is 9.92. The van der Waals surface area contributed by atoms with E-state index in [-0.39, 0.29) is 17.7 Å². The summed E-state index contributed by atoms with van der Waals surface area (Å²) in [6.45, 7) is 8.52. The lowest BCUT2D eigenvalue weighted by Gasteiger charge is -2.34. The van der Waals surface area contributed by atoms with Crippen molar-refractivity contribution in [1.82, 2.24) is 15.2 Å². The molecule has 1 aromatic heterocycles. The van der Waals surface area contributed by atoms with E-state index in [2.05, 4.69) is 31.1 Å². The second kappa shape index (κ2) is 9.18. The lowest BCUT2D eigenvalue weighted by Crippen LogP contribution is -2.44. The first-order valence-corrected chi connectivity index (χ1v) is 9.41. The first-order chi connectivity index (χ1) is 11.9. The van der Waals surface area contributed by atoms with Gasteiger partial charge in [-0.25, -0.2) is 0 Å². The van der Waals surface area contributed by atoms with Gasteiger partial charge in [-0.1, -0.05) is 32.4 Å².